The summed E-state index contributed by atoms with van der Waals surface area (Å²) in [6.45, 7) is 2.62. The van der Waals surface area contributed by atoms with E-state index < -0.39 is 0 Å². The highest BCUT2D eigenvalue weighted by Crippen LogP contribution is 2.29. The number of aromatic amines is 1. The molecular weight excluding hydrogens is 300 g/mol. The van der Waals surface area contributed by atoms with E-state index in [9.17, 15) is 0 Å². The Labute approximate surface area is 138 Å². The third-order valence-corrected chi connectivity index (χ3v) is 3.95. The van der Waals surface area contributed by atoms with Crippen LogP contribution in [0.3, 0.4) is 0 Å². The Morgan fingerprint density at radius 3 is 2.62 bits per heavy atom. The highest BCUT2D eigenvalue weighted by atomic mass is 16.5. The van der Waals surface area contributed by atoms with Gasteiger partial charge in [0.2, 0.25) is 0 Å². The Morgan fingerprint density at radius 2 is 1.88 bits per heavy atom. The molecule has 0 bridgehead atoms. The summed E-state index contributed by atoms with van der Waals surface area (Å²) in [5, 5.41) is 11.0. The Hall–Kier alpha value is -3.39. The lowest BCUT2D eigenvalue weighted by Gasteiger charge is -2.05. The fraction of sp³-hybridized carbons (Fsp3) is 0.105. The van der Waals surface area contributed by atoms with Crippen molar-refractivity contribution < 1.29 is 4.74 Å². The largest absolute Gasteiger partial charge is 0.494 e. The number of nitriles is 1. The first kappa shape index (κ1) is 14.2. The van der Waals surface area contributed by atoms with Crippen LogP contribution in [0.5, 0.6) is 5.75 Å². The Kier molecular flexibility index (Phi) is 3.36. The van der Waals surface area contributed by atoms with E-state index >= 15 is 0 Å². The van der Waals surface area contributed by atoms with Gasteiger partial charge in [-0.3, -0.25) is 0 Å². The van der Waals surface area contributed by atoms with Crippen LogP contribution in [0, 0.1) is 11.3 Å². The van der Waals surface area contributed by atoms with Gasteiger partial charge in [0.15, 0.2) is 0 Å². The van der Waals surface area contributed by atoms with E-state index in [2.05, 4.69) is 27.1 Å². The number of fused-ring (bicyclic) bond motifs is 3. The number of hydrogen-bond acceptors (Lipinski definition) is 4. The number of aromatic nitrogens is 3. The molecule has 1 N–H and O–H groups in total. The van der Waals surface area contributed by atoms with Crippen LogP contribution in [0.4, 0.5) is 0 Å². The molecule has 0 radical (unpaired) electrons. The van der Waals surface area contributed by atoms with Crippen LogP contribution in [0.25, 0.3) is 33.1 Å². The Balaban J connectivity index is 1.84. The molecule has 116 valence electrons. The van der Waals surface area contributed by atoms with Gasteiger partial charge in [-0.05, 0) is 36.8 Å². The van der Waals surface area contributed by atoms with Crippen LogP contribution in [-0.2, 0) is 0 Å². The molecule has 0 atom stereocenters. The van der Waals surface area contributed by atoms with Gasteiger partial charge in [0.25, 0.3) is 0 Å². The van der Waals surface area contributed by atoms with Gasteiger partial charge in [-0.15, -0.1) is 0 Å². The SMILES string of the molecule is CCOc1ccc(-c2cnc3[nH]c4cnc(C#N)cc4c3c2)cc1. The summed E-state index contributed by atoms with van der Waals surface area (Å²) in [5.41, 5.74) is 4.14. The highest BCUT2D eigenvalue weighted by Gasteiger charge is 2.09. The van der Waals surface area contributed by atoms with Crippen LogP contribution in [-0.4, -0.2) is 21.6 Å². The van der Waals surface area contributed by atoms with E-state index in [1.807, 2.05) is 37.4 Å². The third-order valence-electron chi connectivity index (χ3n) is 3.95. The molecule has 4 rings (SSSR count). The molecule has 0 unspecified atom stereocenters. The first-order valence-corrected chi connectivity index (χ1v) is 7.69. The predicted molar refractivity (Wildman–Crippen MR) is 92.7 cm³/mol. The molecule has 3 aromatic heterocycles. The average molecular weight is 314 g/mol. The molecule has 0 aliphatic carbocycles. The molecule has 4 aromatic rings. The van der Waals surface area contributed by atoms with Gasteiger partial charge in [-0.1, -0.05) is 12.1 Å². The molecule has 0 saturated carbocycles. The Bertz CT molecular complexity index is 1070. The minimum absolute atomic E-state index is 0.398. The molecule has 5 heteroatoms. The summed E-state index contributed by atoms with van der Waals surface area (Å²) in [7, 11) is 0. The lowest BCUT2D eigenvalue weighted by molar-refractivity contribution is 0.340. The van der Waals surface area contributed by atoms with E-state index in [0.717, 1.165) is 38.8 Å². The smallest absolute Gasteiger partial charge is 0.141 e. The maximum atomic E-state index is 9.06. The molecular formula is C19H14N4O. The molecule has 0 fully saturated rings. The quantitative estimate of drug-likeness (QED) is 0.619. The first-order chi connectivity index (χ1) is 11.8. The topological polar surface area (TPSA) is 74.6 Å². The van der Waals surface area contributed by atoms with Crippen molar-refractivity contribution in [2.75, 3.05) is 6.61 Å². The van der Waals surface area contributed by atoms with Gasteiger partial charge < -0.3 is 9.72 Å². The summed E-state index contributed by atoms with van der Waals surface area (Å²) in [5.74, 6) is 0.854. The second-order valence-electron chi connectivity index (χ2n) is 5.43. The van der Waals surface area contributed by atoms with Gasteiger partial charge in [-0.25, -0.2) is 9.97 Å². The van der Waals surface area contributed by atoms with Crippen molar-refractivity contribution >= 4 is 21.9 Å². The van der Waals surface area contributed by atoms with Gasteiger partial charge in [0, 0.05) is 22.5 Å². The minimum Gasteiger partial charge on any atom is -0.494 e. The molecule has 0 spiro atoms. The third kappa shape index (κ3) is 2.34. The molecule has 0 amide bonds. The fourth-order valence-electron chi connectivity index (χ4n) is 2.80. The molecule has 3 heterocycles. The van der Waals surface area contributed by atoms with Crippen molar-refractivity contribution in [2.45, 2.75) is 6.92 Å². The van der Waals surface area contributed by atoms with Crippen molar-refractivity contribution in [3.05, 3.63) is 54.5 Å². The molecule has 24 heavy (non-hydrogen) atoms. The molecule has 0 aliphatic rings. The van der Waals surface area contributed by atoms with E-state index in [1.165, 1.54) is 0 Å². The second kappa shape index (κ2) is 5.67. The Morgan fingerprint density at radius 1 is 1.04 bits per heavy atom. The number of H-pyrrole nitrogens is 1. The van der Waals surface area contributed by atoms with E-state index in [0.29, 0.717) is 12.3 Å². The van der Waals surface area contributed by atoms with Crippen LogP contribution < -0.4 is 4.74 Å². The van der Waals surface area contributed by atoms with E-state index in [-0.39, 0.29) is 0 Å². The van der Waals surface area contributed by atoms with Crippen molar-refractivity contribution in [1.29, 1.82) is 5.26 Å². The average Bonchev–Trinajstić information content (AvgIpc) is 2.99. The van der Waals surface area contributed by atoms with Crippen molar-refractivity contribution in [2.24, 2.45) is 0 Å². The zero-order valence-corrected chi connectivity index (χ0v) is 13.1. The lowest BCUT2D eigenvalue weighted by Crippen LogP contribution is -1.90. The van der Waals surface area contributed by atoms with Crippen molar-refractivity contribution in [3.63, 3.8) is 0 Å². The summed E-state index contributed by atoms with van der Waals surface area (Å²) in [6.07, 6.45) is 3.51. The van der Waals surface area contributed by atoms with E-state index in [4.69, 9.17) is 10.00 Å². The maximum Gasteiger partial charge on any atom is 0.141 e. The van der Waals surface area contributed by atoms with Crippen LogP contribution in [0.15, 0.2) is 48.8 Å². The van der Waals surface area contributed by atoms with E-state index in [1.54, 1.807) is 12.3 Å². The lowest BCUT2D eigenvalue weighted by atomic mass is 10.1. The molecule has 1 aromatic carbocycles. The number of ether oxygens (including phenoxy) is 1. The number of hydrogen-bond donors (Lipinski definition) is 1. The molecule has 0 aliphatic heterocycles. The first-order valence-electron chi connectivity index (χ1n) is 7.69. The summed E-state index contributed by atoms with van der Waals surface area (Å²) in [4.78, 5) is 11.8. The number of nitrogens with zero attached hydrogens (tertiary/aromatic N) is 3. The summed E-state index contributed by atoms with van der Waals surface area (Å²) >= 11 is 0. The van der Waals surface area contributed by atoms with Crippen LogP contribution >= 0.6 is 0 Å². The van der Waals surface area contributed by atoms with Crippen molar-refractivity contribution in [1.82, 2.24) is 15.0 Å². The number of nitrogens with one attached hydrogen (secondary N) is 1. The monoisotopic (exact) mass is 314 g/mol. The van der Waals surface area contributed by atoms with Gasteiger partial charge >= 0.3 is 0 Å². The predicted octanol–water partition coefficient (Wildman–Crippen LogP) is 4.05. The zero-order valence-electron chi connectivity index (χ0n) is 13.1. The summed E-state index contributed by atoms with van der Waals surface area (Å²) in [6, 6.07) is 13.9. The van der Waals surface area contributed by atoms with Gasteiger partial charge in [-0.2, -0.15) is 5.26 Å². The molecule has 5 nitrogen and oxygen atoms in total. The maximum absolute atomic E-state index is 9.06. The number of pyridine rings is 2. The fourth-order valence-corrected chi connectivity index (χ4v) is 2.80. The molecule has 0 saturated heterocycles. The summed E-state index contributed by atoms with van der Waals surface area (Å²) < 4.78 is 5.48. The zero-order chi connectivity index (χ0) is 16.5. The van der Waals surface area contributed by atoms with Crippen LogP contribution in [0.1, 0.15) is 12.6 Å². The normalized spacial score (nSPS) is 10.8. The second-order valence-corrected chi connectivity index (χ2v) is 5.43. The van der Waals surface area contributed by atoms with Gasteiger partial charge in [0.05, 0.1) is 18.3 Å². The highest BCUT2D eigenvalue weighted by molar-refractivity contribution is 6.06. The number of rotatable bonds is 3. The van der Waals surface area contributed by atoms with Gasteiger partial charge in [0.1, 0.15) is 23.2 Å². The van der Waals surface area contributed by atoms with Crippen molar-refractivity contribution in [3.8, 4) is 22.9 Å². The standard InChI is InChI=1S/C19H14N4O/c1-2-24-15-5-3-12(4-6-15)13-7-17-16-8-14(9-20)21-11-18(16)23-19(17)22-10-13/h3-8,10-11H,2H2,1H3,(H,22,23). The number of benzene rings is 1. The van der Waals surface area contributed by atoms with Crippen LogP contribution in [0.2, 0.25) is 0 Å². The minimum atomic E-state index is 0.398.